The standard InChI is InChI=1S/C12H14/c1-3-7-11-9-5-6-10-12(11)8-4-2/h3-8H,1-2,9-10H2. The SMILES string of the molecule is C=CC=C1CC=CCC1=CC=C. The van der Waals surface area contributed by atoms with Gasteiger partial charge in [-0.05, 0) is 24.0 Å². The molecule has 0 saturated heterocycles. The number of hydrogen-bond acceptors (Lipinski definition) is 0. The molecule has 0 atom stereocenters. The van der Waals surface area contributed by atoms with E-state index in [1.165, 1.54) is 11.1 Å². The lowest BCUT2D eigenvalue weighted by molar-refractivity contribution is 1.08. The highest BCUT2D eigenvalue weighted by atomic mass is 14.1. The lowest BCUT2D eigenvalue weighted by Gasteiger charge is -2.11. The molecular formula is C12H14. The van der Waals surface area contributed by atoms with Crippen LogP contribution in [0.1, 0.15) is 12.8 Å². The fourth-order valence-electron chi connectivity index (χ4n) is 1.32. The summed E-state index contributed by atoms with van der Waals surface area (Å²) < 4.78 is 0. The van der Waals surface area contributed by atoms with E-state index in [2.05, 4.69) is 37.5 Å². The van der Waals surface area contributed by atoms with Crippen LogP contribution in [-0.4, -0.2) is 0 Å². The fourth-order valence-corrected chi connectivity index (χ4v) is 1.32. The Bertz CT molecular complexity index is 234. The third-order valence-corrected chi connectivity index (χ3v) is 1.89. The number of allylic oxidation sites excluding steroid dienone is 8. The van der Waals surface area contributed by atoms with Crippen LogP contribution in [0.15, 0.2) is 60.8 Å². The molecular weight excluding hydrogens is 144 g/mol. The lowest BCUT2D eigenvalue weighted by atomic mass is 9.94. The van der Waals surface area contributed by atoms with E-state index in [0.29, 0.717) is 0 Å². The van der Waals surface area contributed by atoms with Crippen molar-refractivity contribution >= 4 is 0 Å². The van der Waals surface area contributed by atoms with Gasteiger partial charge in [0.25, 0.3) is 0 Å². The van der Waals surface area contributed by atoms with Gasteiger partial charge in [0.15, 0.2) is 0 Å². The van der Waals surface area contributed by atoms with Gasteiger partial charge in [-0.3, -0.25) is 0 Å². The Hall–Kier alpha value is -1.30. The van der Waals surface area contributed by atoms with Crippen LogP contribution in [0.4, 0.5) is 0 Å². The van der Waals surface area contributed by atoms with E-state index < -0.39 is 0 Å². The molecule has 1 rings (SSSR count). The molecule has 0 amide bonds. The number of rotatable bonds is 2. The molecule has 0 heterocycles. The zero-order valence-corrected chi connectivity index (χ0v) is 7.29. The van der Waals surface area contributed by atoms with E-state index >= 15 is 0 Å². The summed E-state index contributed by atoms with van der Waals surface area (Å²) in [5.41, 5.74) is 2.71. The minimum absolute atomic E-state index is 1.02. The molecule has 0 heteroatoms. The third kappa shape index (κ3) is 2.09. The lowest BCUT2D eigenvalue weighted by Crippen LogP contribution is -1.92. The molecule has 0 aromatic heterocycles. The minimum Gasteiger partial charge on any atom is -0.0991 e. The molecule has 0 bridgehead atoms. The zero-order chi connectivity index (χ0) is 8.81. The summed E-state index contributed by atoms with van der Waals surface area (Å²) in [6.07, 6.45) is 14.2. The van der Waals surface area contributed by atoms with Gasteiger partial charge < -0.3 is 0 Å². The molecule has 62 valence electrons. The normalized spacial score (nSPS) is 23.0. The van der Waals surface area contributed by atoms with Crippen molar-refractivity contribution in [1.82, 2.24) is 0 Å². The van der Waals surface area contributed by atoms with Gasteiger partial charge in [0.1, 0.15) is 0 Å². The first-order valence-electron chi connectivity index (χ1n) is 4.17. The maximum absolute atomic E-state index is 3.70. The first-order valence-corrected chi connectivity index (χ1v) is 4.17. The van der Waals surface area contributed by atoms with E-state index in [1.54, 1.807) is 0 Å². The Balaban J connectivity index is 2.90. The molecule has 0 unspecified atom stereocenters. The topological polar surface area (TPSA) is 0 Å². The van der Waals surface area contributed by atoms with E-state index in [-0.39, 0.29) is 0 Å². The van der Waals surface area contributed by atoms with Gasteiger partial charge in [-0.15, -0.1) is 0 Å². The summed E-state index contributed by atoms with van der Waals surface area (Å²) >= 11 is 0. The molecule has 0 radical (unpaired) electrons. The van der Waals surface area contributed by atoms with Crippen molar-refractivity contribution < 1.29 is 0 Å². The first-order chi connectivity index (χ1) is 5.88. The smallest absolute Gasteiger partial charge is 0.00945 e. The molecule has 0 aromatic carbocycles. The molecule has 1 aliphatic rings. The largest absolute Gasteiger partial charge is 0.0991 e. The van der Waals surface area contributed by atoms with E-state index in [1.807, 2.05) is 12.2 Å². The highest BCUT2D eigenvalue weighted by Gasteiger charge is 2.04. The predicted octanol–water partition coefficient (Wildman–Crippen LogP) is 3.56. The van der Waals surface area contributed by atoms with Crippen LogP contribution in [0.5, 0.6) is 0 Å². The zero-order valence-electron chi connectivity index (χ0n) is 7.29. The summed E-state index contributed by atoms with van der Waals surface area (Å²) in [4.78, 5) is 0. The van der Waals surface area contributed by atoms with Gasteiger partial charge in [0.05, 0.1) is 0 Å². The van der Waals surface area contributed by atoms with Crippen molar-refractivity contribution in [2.24, 2.45) is 0 Å². The molecule has 0 aromatic rings. The monoisotopic (exact) mass is 158 g/mol. The molecule has 0 aliphatic heterocycles. The Morgan fingerprint density at radius 3 is 1.67 bits per heavy atom. The second kappa shape index (κ2) is 4.55. The molecule has 12 heavy (non-hydrogen) atoms. The van der Waals surface area contributed by atoms with Gasteiger partial charge in [0, 0.05) is 0 Å². The minimum atomic E-state index is 1.02. The fraction of sp³-hybridized carbons (Fsp3) is 0.167. The van der Waals surface area contributed by atoms with Crippen LogP contribution >= 0.6 is 0 Å². The molecule has 0 N–H and O–H groups in total. The van der Waals surface area contributed by atoms with Crippen molar-refractivity contribution in [1.29, 1.82) is 0 Å². The van der Waals surface area contributed by atoms with Crippen molar-refractivity contribution in [2.75, 3.05) is 0 Å². The van der Waals surface area contributed by atoms with Crippen molar-refractivity contribution in [2.45, 2.75) is 12.8 Å². The summed E-state index contributed by atoms with van der Waals surface area (Å²) in [5, 5.41) is 0. The Labute approximate surface area is 74.3 Å². The van der Waals surface area contributed by atoms with Crippen LogP contribution in [-0.2, 0) is 0 Å². The van der Waals surface area contributed by atoms with E-state index in [4.69, 9.17) is 0 Å². The van der Waals surface area contributed by atoms with Crippen molar-refractivity contribution in [3.05, 3.63) is 60.8 Å². The van der Waals surface area contributed by atoms with Crippen LogP contribution in [0, 0.1) is 0 Å². The molecule has 0 fully saturated rings. The molecule has 0 spiro atoms. The average molecular weight is 158 g/mol. The summed E-state index contributed by atoms with van der Waals surface area (Å²) in [5.74, 6) is 0. The molecule has 0 nitrogen and oxygen atoms in total. The summed E-state index contributed by atoms with van der Waals surface area (Å²) in [6, 6.07) is 0. The maximum atomic E-state index is 3.70. The second-order valence-electron chi connectivity index (χ2n) is 2.73. The molecule has 0 saturated carbocycles. The second-order valence-corrected chi connectivity index (χ2v) is 2.73. The van der Waals surface area contributed by atoms with Crippen LogP contribution < -0.4 is 0 Å². The Morgan fingerprint density at radius 1 is 0.917 bits per heavy atom. The molecule has 1 aliphatic carbocycles. The Morgan fingerprint density at radius 2 is 1.33 bits per heavy atom. The highest BCUT2D eigenvalue weighted by Crippen LogP contribution is 2.23. The van der Waals surface area contributed by atoms with Crippen molar-refractivity contribution in [3.63, 3.8) is 0 Å². The van der Waals surface area contributed by atoms with Gasteiger partial charge in [-0.1, -0.05) is 49.6 Å². The van der Waals surface area contributed by atoms with Crippen LogP contribution in [0.25, 0.3) is 0 Å². The Kier molecular flexibility index (Phi) is 3.34. The maximum Gasteiger partial charge on any atom is -0.00945 e. The van der Waals surface area contributed by atoms with Gasteiger partial charge >= 0.3 is 0 Å². The van der Waals surface area contributed by atoms with E-state index in [0.717, 1.165) is 12.8 Å². The summed E-state index contributed by atoms with van der Waals surface area (Å²) in [7, 11) is 0. The first kappa shape index (κ1) is 8.79. The highest BCUT2D eigenvalue weighted by molar-refractivity contribution is 5.40. The van der Waals surface area contributed by atoms with Gasteiger partial charge in [-0.25, -0.2) is 0 Å². The summed E-state index contributed by atoms with van der Waals surface area (Å²) in [6.45, 7) is 7.39. The van der Waals surface area contributed by atoms with E-state index in [9.17, 15) is 0 Å². The quantitative estimate of drug-likeness (QED) is 0.539. The predicted molar refractivity (Wildman–Crippen MR) is 54.9 cm³/mol. The van der Waals surface area contributed by atoms with Crippen LogP contribution in [0.3, 0.4) is 0 Å². The van der Waals surface area contributed by atoms with Gasteiger partial charge in [-0.2, -0.15) is 0 Å². The third-order valence-electron chi connectivity index (χ3n) is 1.89. The van der Waals surface area contributed by atoms with Crippen molar-refractivity contribution in [3.8, 4) is 0 Å². The number of hydrogen-bond donors (Lipinski definition) is 0. The van der Waals surface area contributed by atoms with Crippen LogP contribution in [0.2, 0.25) is 0 Å². The van der Waals surface area contributed by atoms with Gasteiger partial charge in [0.2, 0.25) is 0 Å². The average Bonchev–Trinajstić information content (AvgIpc) is 2.09.